The zero-order valence-electron chi connectivity index (χ0n) is 14.5. The van der Waals surface area contributed by atoms with Crippen molar-refractivity contribution in [2.24, 2.45) is 0 Å². The van der Waals surface area contributed by atoms with Crippen molar-refractivity contribution < 1.29 is 9.59 Å². The summed E-state index contributed by atoms with van der Waals surface area (Å²) in [6, 6.07) is 16.8. The topological polar surface area (TPSA) is 49.4 Å². The van der Waals surface area contributed by atoms with Gasteiger partial charge in [-0.15, -0.1) is 0 Å². The Bertz CT molecular complexity index is 679. The van der Waals surface area contributed by atoms with Crippen molar-refractivity contribution in [1.82, 2.24) is 4.90 Å². The highest BCUT2D eigenvalue weighted by Crippen LogP contribution is 2.23. The van der Waals surface area contributed by atoms with Crippen molar-refractivity contribution in [2.45, 2.75) is 25.7 Å². The van der Waals surface area contributed by atoms with Gasteiger partial charge in [0.05, 0.1) is 5.92 Å². The molecular formula is C20H24N2O2. The van der Waals surface area contributed by atoms with Gasteiger partial charge in [0.1, 0.15) is 0 Å². The number of nitrogens with one attached hydrogen (secondary N) is 1. The highest BCUT2D eigenvalue weighted by atomic mass is 16.2. The van der Waals surface area contributed by atoms with Crippen LogP contribution in [0.15, 0.2) is 54.6 Å². The third-order valence-electron chi connectivity index (χ3n) is 3.90. The smallest absolute Gasteiger partial charge is 0.253 e. The summed E-state index contributed by atoms with van der Waals surface area (Å²) in [7, 11) is 3.43. The van der Waals surface area contributed by atoms with Crippen molar-refractivity contribution in [2.75, 3.05) is 19.4 Å². The first-order valence-electron chi connectivity index (χ1n) is 8.20. The quantitative estimate of drug-likeness (QED) is 0.876. The van der Waals surface area contributed by atoms with Crippen molar-refractivity contribution in [3.05, 3.63) is 65.7 Å². The van der Waals surface area contributed by atoms with Gasteiger partial charge in [-0.25, -0.2) is 0 Å². The van der Waals surface area contributed by atoms with E-state index in [1.807, 2.05) is 30.3 Å². The number of benzene rings is 2. The predicted octanol–water partition coefficient (Wildman–Crippen LogP) is 3.91. The fraction of sp³-hybridized carbons (Fsp3) is 0.300. The van der Waals surface area contributed by atoms with Crippen molar-refractivity contribution >= 4 is 17.5 Å². The van der Waals surface area contributed by atoms with Crippen molar-refractivity contribution in [3.63, 3.8) is 0 Å². The third kappa shape index (κ3) is 4.44. The van der Waals surface area contributed by atoms with E-state index in [4.69, 9.17) is 0 Å². The Morgan fingerprint density at radius 3 is 2.17 bits per heavy atom. The minimum Gasteiger partial charge on any atom is -0.345 e. The molecule has 0 bridgehead atoms. The van der Waals surface area contributed by atoms with Gasteiger partial charge in [-0.2, -0.15) is 0 Å². The van der Waals surface area contributed by atoms with Gasteiger partial charge in [0.25, 0.3) is 5.91 Å². The van der Waals surface area contributed by atoms with Gasteiger partial charge >= 0.3 is 0 Å². The molecule has 1 atom stereocenters. The minimum atomic E-state index is -0.167. The van der Waals surface area contributed by atoms with Gasteiger partial charge < -0.3 is 10.2 Å². The SMILES string of the molecule is CCC[C@@H](C(=O)Nc1ccc(C(=O)N(C)C)cc1)c1ccccc1. The molecule has 24 heavy (non-hydrogen) atoms. The number of rotatable bonds is 6. The lowest BCUT2D eigenvalue weighted by atomic mass is 9.93. The van der Waals surface area contributed by atoms with Gasteiger partial charge in [-0.3, -0.25) is 9.59 Å². The zero-order valence-corrected chi connectivity index (χ0v) is 14.5. The van der Waals surface area contributed by atoms with Crippen LogP contribution in [-0.2, 0) is 4.79 Å². The molecule has 0 aliphatic rings. The fourth-order valence-corrected chi connectivity index (χ4v) is 2.61. The maximum Gasteiger partial charge on any atom is 0.253 e. The predicted molar refractivity (Wildman–Crippen MR) is 97.2 cm³/mol. The summed E-state index contributed by atoms with van der Waals surface area (Å²) in [5.41, 5.74) is 2.33. The number of amides is 2. The van der Waals surface area contributed by atoms with Crippen LogP contribution in [0.2, 0.25) is 0 Å². The maximum absolute atomic E-state index is 12.6. The molecule has 1 N–H and O–H groups in total. The molecule has 4 heteroatoms. The lowest BCUT2D eigenvalue weighted by Crippen LogP contribution is -2.22. The Morgan fingerprint density at radius 1 is 1.00 bits per heavy atom. The number of carbonyl (C=O) groups is 2. The van der Waals surface area contributed by atoms with Crippen LogP contribution in [0.4, 0.5) is 5.69 Å². The molecule has 2 amide bonds. The second-order valence-corrected chi connectivity index (χ2v) is 6.02. The first-order chi connectivity index (χ1) is 11.5. The van der Waals surface area contributed by atoms with Gasteiger partial charge in [-0.1, -0.05) is 43.7 Å². The monoisotopic (exact) mass is 324 g/mol. The third-order valence-corrected chi connectivity index (χ3v) is 3.90. The fourth-order valence-electron chi connectivity index (χ4n) is 2.61. The standard InChI is InChI=1S/C20H24N2O2/c1-4-8-18(15-9-6-5-7-10-15)19(23)21-17-13-11-16(12-14-17)20(24)22(2)3/h5-7,9-14,18H,4,8H2,1-3H3,(H,21,23)/t18-/m1/s1. The summed E-state index contributed by atoms with van der Waals surface area (Å²) in [6.07, 6.45) is 1.73. The number of carbonyl (C=O) groups excluding carboxylic acids is 2. The van der Waals surface area contributed by atoms with Crippen LogP contribution in [0.5, 0.6) is 0 Å². The number of hydrogen-bond acceptors (Lipinski definition) is 2. The Morgan fingerprint density at radius 2 is 1.62 bits per heavy atom. The molecule has 0 fully saturated rings. The average molecular weight is 324 g/mol. The number of hydrogen-bond donors (Lipinski definition) is 1. The maximum atomic E-state index is 12.6. The highest BCUT2D eigenvalue weighted by Gasteiger charge is 2.19. The van der Waals surface area contributed by atoms with Crippen LogP contribution in [0.3, 0.4) is 0 Å². The second-order valence-electron chi connectivity index (χ2n) is 6.02. The van der Waals surface area contributed by atoms with Crippen molar-refractivity contribution in [1.29, 1.82) is 0 Å². The molecular weight excluding hydrogens is 300 g/mol. The van der Waals surface area contributed by atoms with Gasteiger partial charge in [0.2, 0.25) is 5.91 Å². The minimum absolute atomic E-state index is 0.0188. The molecule has 0 saturated heterocycles. The van der Waals surface area contributed by atoms with E-state index in [9.17, 15) is 9.59 Å². The van der Waals surface area contributed by atoms with E-state index in [0.717, 1.165) is 18.4 Å². The average Bonchev–Trinajstić information content (AvgIpc) is 2.60. The molecule has 0 radical (unpaired) electrons. The van der Waals surface area contributed by atoms with Gasteiger partial charge in [0, 0.05) is 25.3 Å². The molecule has 2 aromatic rings. The normalized spacial score (nSPS) is 11.6. The van der Waals surface area contributed by atoms with E-state index < -0.39 is 0 Å². The zero-order chi connectivity index (χ0) is 17.5. The van der Waals surface area contributed by atoms with Crippen LogP contribution in [0, 0.1) is 0 Å². The molecule has 0 unspecified atom stereocenters. The van der Waals surface area contributed by atoms with E-state index in [2.05, 4.69) is 12.2 Å². The molecule has 0 heterocycles. The molecule has 126 valence electrons. The molecule has 0 saturated carbocycles. The molecule has 0 spiro atoms. The first kappa shape index (κ1) is 17.7. The Labute approximate surface area is 143 Å². The molecule has 4 nitrogen and oxygen atoms in total. The molecule has 0 aliphatic heterocycles. The van der Waals surface area contributed by atoms with Gasteiger partial charge in [0.15, 0.2) is 0 Å². The van der Waals surface area contributed by atoms with E-state index in [-0.39, 0.29) is 17.7 Å². The summed E-state index contributed by atoms with van der Waals surface area (Å²) >= 11 is 0. The largest absolute Gasteiger partial charge is 0.345 e. The van der Waals surface area contributed by atoms with Crippen LogP contribution in [0.1, 0.15) is 41.6 Å². The number of nitrogens with zero attached hydrogens (tertiary/aromatic N) is 1. The Kier molecular flexibility index (Phi) is 6.13. The Hall–Kier alpha value is -2.62. The van der Waals surface area contributed by atoms with Gasteiger partial charge in [-0.05, 0) is 36.2 Å². The summed E-state index contributed by atoms with van der Waals surface area (Å²) in [6.45, 7) is 2.07. The number of anilines is 1. The lowest BCUT2D eigenvalue weighted by Gasteiger charge is -2.17. The van der Waals surface area contributed by atoms with Crippen LogP contribution < -0.4 is 5.32 Å². The highest BCUT2D eigenvalue weighted by molar-refractivity contribution is 5.97. The van der Waals surface area contributed by atoms with Crippen LogP contribution >= 0.6 is 0 Å². The second kappa shape index (κ2) is 8.29. The summed E-state index contributed by atoms with van der Waals surface area (Å²) in [5, 5.41) is 2.96. The lowest BCUT2D eigenvalue weighted by molar-refractivity contribution is -0.117. The first-order valence-corrected chi connectivity index (χ1v) is 8.20. The van der Waals surface area contributed by atoms with Crippen LogP contribution in [-0.4, -0.2) is 30.8 Å². The molecule has 0 aliphatic carbocycles. The van der Waals surface area contributed by atoms with E-state index in [0.29, 0.717) is 11.3 Å². The Balaban J connectivity index is 2.11. The summed E-state index contributed by atoms with van der Waals surface area (Å²) < 4.78 is 0. The van der Waals surface area contributed by atoms with E-state index >= 15 is 0 Å². The summed E-state index contributed by atoms with van der Waals surface area (Å²) in [4.78, 5) is 26.1. The molecule has 2 aromatic carbocycles. The van der Waals surface area contributed by atoms with Crippen molar-refractivity contribution in [3.8, 4) is 0 Å². The molecule has 0 aromatic heterocycles. The van der Waals surface area contributed by atoms with Crippen LogP contribution in [0.25, 0.3) is 0 Å². The van der Waals surface area contributed by atoms with E-state index in [1.54, 1.807) is 38.4 Å². The molecule has 2 rings (SSSR count). The van der Waals surface area contributed by atoms with E-state index in [1.165, 1.54) is 4.90 Å². The summed E-state index contributed by atoms with van der Waals surface area (Å²) in [5.74, 6) is -0.241.